The first-order chi connectivity index (χ1) is 11.5. The fourth-order valence-corrected chi connectivity index (χ4v) is 2.47. The van der Waals surface area contributed by atoms with Gasteiger partial charge in [0.25, 0.3) is 0 Å². The third kappa shape index (κ3) is 3.27. The van der Waals surface area contributed by atoms with E-state index in [1.807, 2.05) is 36.4 Å². The molecule has 1 heterocycles. The lowest BCUT2D eigenvalue weighted by Gasteiger charge is -2.09. The summed E-state index contributed by atoms with van der Waals surface area (Å²) in [4.78, 5) is 12.8. The Balaban J connectivity index is 1.93. The predicted octanol–water partition coefficient (Wildman–Crippen LogP) is 3.09. The summed E-state index contributed by atoms with van der Waals surface area (Å²) in [5.74, 6) is -0.784. The van der Waals surface area contributed by atoms with E-state index in [0.29, 0.717) is 18.5 Å². The molecule has 1 aromatic heterocycles. The molecule has 2 aromatic carbocycles. The third-order valence-corrected chi connectivity index (χ3v) is 3.87. The molecule has 2 N–H and O–H groups in total. The van der Waals surface area contributed by atoms with Crippen LogP contribution in [0.1, 0.15) is 18.9 Å². The summed E-state index contributed by atoms with van der Waals surface area (Å²) in [7, 11) is 0. The molecular formula is C18H17N3O3. The number of aryl methyl sites for hydroxylation is 1. The number of carboxylic acid groups (broad SMARTS) is 1. The maximum absolute atomic E-state index is 11.4. The van der Waals surface area contributed by atoms with Crippen molar-refractivity contribution in [3.05, 3.63) is 59.7 Å². The van der Waals surface area contributed by atoms with Gasteiger partial charge in [-0.15, -0.1) is 10.2 Å². The summed E-state index contributed by atoms with van der Waals surface area (Å²) < 4.78 is 0. The van der Waals surface area contributed by atoms with Crippen LogP contribution in [0, 0.1) is 0 Å². The van der Waals surface area contributed by atoms with E-state index in [1.54, 1.807) is 19.1 Å². The predicted molar refractivity (Wildman–Crippen MR) is 90.5 cm³/mol. The van der Waals surface area contributed by atoms with Crippen LogP contribution in [0.5, 0.6) is 5.75 Å². The molecule has 24 heavy (non-hydrogen) atoms. The third-order valence-electron chi connectivity index (χ3n) is 3.87. The van der Waals surface area contributed by atoms with E-state index >= 15 is 0 Å². The first-order valence-corrected chi connectivity index (χ1v) is 7.58. The molecule has 6 nitrogen and oxygen atoms in total. The minimum Gasteiger partial charge on any atom is -0.508 e. The quantitative estimate of drug-likeness (QED) is 0.704. The van der Waals surface area contributed by atoms with Crippen LogP contribution in [0.15, 0.2) is 54.1 Å². The van der Waals surface area contributed by atoms with Gasteiger partial charge in [0.05, 0.1) is 11.3 Å². The number of aliphatic carboxylic acids is 1. The Morgan fingerprint density at radius 1 is 1.04 bits per heavy atom. The van der Waals surface area contributed by atoms with Crippen LogP contribution in [0.4, 0.5) is 0 Å². The van der Waals surface area contributed by atoms with E-state index in [-0.39, 0.29) is 11.3 Å². The van der Waals surface area contributed by atoms with E-state index in [0.717, 1.165) is 16.6 Å². The standard InChI is InChI=1S/C18H17N3O3/c1-12(18(23)24)17(11-8-13-6-9-14(22)10-7-13)21-19-15-4-2-3-5-16(15)20-21/h2-7,9-10,22H,8,11H2,1H3,(H,23,24). The van der Waals surface area contributed by atoms with E-state index in [4.69, 9.17) is 0 Å². The summed E-state index contributed by atoms with van der Waals surface area (Å²) in [6, 6.07) is 14.3. The van der Waals surface area contributed by atoms with Crippen molar-refractivity contribution in [2.45, 2.75) is 19.8 Å². The minimum atomic E-state index is -0.989. The number of rotatable bonds is 5. The monoisotopic (exact) mass is 323 g/mol. The second-order valence-corrected chi connectivity index (χ2v) is 5.52. The maximum Gasteiger partial charge on any atom is 0.333 e. The molecule has 0 unspecified atom stereocenters. The van der Waals surface area contributed by atoms with Crippen molar-refractivity contribution >= 4 is 22.7 Å². The minimum absolute atomic E-state index is 0.205. The Bertz CT molecular complexity index is 878. The van der Waals surface area contributed by atoms with Gasteiger partial charge in [-0.05, 0) is 49.6 Å². The van der Waals surface area contributed by atoms with Gasteiger partial charge in [0, 0.05) is 0 Å². The highest BCUT2D eigenvalue weighted by Gasteiger charge is 2.15. The molecule has 3 rings (SSSR count). The number of fused-ring (bicyclic) bond motifs is 1. The van der Waals surface area contributed by atoms with Gasteiger partial charge in [0.1, 0.15) is 16.8 Å². The zero-order valence-corrected chi connectivity index (χ0v) is 13.2. The van der Waals surface area contributed by atoms with Gasteiger partial charge in [-0.2, -0.15) is 4.80 Å². The van der Waals surface area contributed by atoms with Gasteiger partial charge in [0.15, 0.2) is 0 Å². The van der Waals surface area contributed by atoms with Crippen molar-refractivity contribution in [1.82, 2.24) is 15.0 Å². The van der Waals surface area contributed by atoms with Crippen molar-refractivity contribution in [2.24, 2.45) is 0 Å². The molecule has 0 aliphatic heterocycles. The number of carboxylic acids is 1. The lowest BCUT2D eigenvalue weighted by atomic mass is 10.1. The molecule has 0 saturated heterocycles. The highest BCUT2D eigenvalue weighted by atomic mass is 16.4. The number of hydrogen-bond acceptors (Lipinski definition) is 4. The largest absolute Gasteiger partial charge is 0.508 e. The number of allylic oxidation sites excluding steroid dienone is 1. The van der Waals surface area contributed by atoms with Crippen molar-refractivity contribution in [1.29, 1.82) is 0 Å². The van der Waals surface area contributed by atoms with Crippen LogP contribution >= 0.6 is 0 Å². The summed E-state index contributed by atoms with van der Waals surface area (Å²) in [5.41, 5.74) is 3.21. The Labute approximate surface area is 138 Å². The smallest absolute Gasteiger partial charge is 0.333 e. The topological polar surface area (TPSA) is 88.2 Å². The molecule has 0 aliphatic rings. The Kier molecular flexibility index (Phi) is 4.29. The lowest BCUT2D eigenvalue weighted by Crippen LogP contribution is -2.10. The molecule has 0 saturated carbocycles. The first-order valence-electron chi connectivity index (χ1n) is 7.58. The Morgan fingerprint density at radius 3 is 2.17 bits per heavy atom. The van der Waals surface area contributed by atoms with E-state index in [9.17, 15) is 15.0 Å². The average Bonchev–Trinajstić information content (AvgIpc) is 3.00. The molecule has 122 valence electrons. The summed E-state index contributed by atoms with van der Waals surface area (Å²) in [6.45, 7) is 1.56. The highest BCUT2D eigenvalue weighted by molar-refractivity contribution is 5.92. The first kappa shape index (κ1) is 15.7. The van der Waals surface area contributed by atoms with E-state index < -0.39 is 5.97 Å². The van der Waals surface area contributed by atoms with Crippen molar-refractivity contribution in [2.75, 3.05) is 0 Å². The van der Waals surface area contributed by atoms with Gasteiger partial charge in [-0.1, -0.05) is 24.3 Å². The average molecular weight is 323 g/mol. The second kappa shape index (κ2) is 6.54. The van der Waals surface area contributed by atoms with Crippen LogP contribution in [-0.2, 0) is 11.2 Å². The van der Waals surface area contributed by atoms with Gasteiger partial charge in [-0.25, -0.2) is 4.79 Å². The number of aromatic nitrogens is 3. The van der Waals surface area contributed by atoms with Crippen molar-refractivity contribution in [3.63, 3.8) is 0 Å². The Hall–Kier alpha value is -3.15. The number of aromatic hydroxyl groups is 1. The molecule has 6 heteroatoms. The lowest BCUT2D eigenvalue weighted by molar-refractivity contribution is -0.132. The molecule has 0 bridgehead atoms. The molecule has 0 fully saturated rings. The van der Waals surface area contributed by atoms with Gasteiger partial charge in [-0.3, -0.25) is 0 Å². The van der Waals surface area contributed by atoms with Crippen LogP contribution in [0.2, 0.25) is 0 Å². The normalized spacial score (nSPS) is 12.2. The number of phenolic OH excluding ortho intramolecular Hbond substituents is 1. The molecular weight excluding hydrogens is 306 g/mol. The second-order valence-electron chi connectivity index (χ2n) is 5.52. The number of carbonyl (C=O) groups is 1. The molecule has 0 aliphatic carbocycles. The molecule has 0 radical (unpaired) electrons. The highest BCUT2D eigenvalue weighted by Crippen LogP contribution is 2.20. The summed E-state index contributed by atoms with van der Waals surface area (Å²) >= 11 is 0. The van der Waals surface area contributed by atoms with Crippen LogP contribution in [0.3, 0.4) is 0 Å². The van der Waals surface area contributed by atoms with Crippen molar-refractivity contribution in [3.8, 4) is 5.75 Å². The molecule has 0 atom stereocenters. The molecule has 0 amide bonds. The molecule has 3 aromatic rings. The summed E-state index contributed by atoms with van der Waals surface area (Å²) in [6.07, 6.45) is 1.10. The van der Waals surface area contributed by atoms with E-state index in [2.05, 4.69) is 10.2 Å². The van der Waals surface area contributed by atoms with Gasteiger partial charge in [0.2, 0.25) is 0 Å². The molecule has 0 spiro atoms. The summed E-state index contributed by atoms with van der Waals surface area (Å²) in [5, 5.41) is 27.5. The van der Waals surface area contributed by atoms with Crippen LogP contribution in [-0.4, -0.2) is 31.2 Å². The fourth-order valence-electron chi connectivity index (χ4n) is 2.47. The van der Waals surface area contributed by atoms with Gasteiger partial charge < -0.3 is 10.2 Å². The zero-order valence-electron chi connectivity index (χ0n) is 13.2. The number of phenols is 1. The number of hydrogen-bond donors (Lipinski definition) is 2. The van der Waals surface area contributed by atoms with Gasteiger partial charge >= 0.3 is 5.97 Å². The van der Waals surface area contributed by atoms with Crippen LogP contribution < -0.4 is 0 Å². The SMILES string of the molecule is CC(C(=O)O)=C(CCc1ccc(O)cc1)n1nc2ccccc2n1. The van der Waals surface area contributed by atoms with E-state index in [1.165, 1.54) is 4.80 Å². The Morgan fingerprint density at radius 2 is 1.62 bits per heavy atom. The number of nitrogens with zero attached hydrogens (tertiary/aromatic N) is 3. The van der Waals surface area contributed by atoms with Crippen LogP contribution in [0.25, 0.3) is 16.7 Å². The fraction of sp³-hybridized carbons (Fsp3) is 0.167. The van der Waals surface area contributed by atoms with Crippen molar-refractivity contribution < 1.29 is 15.0 Å². The number of benzene rings is 2. The maximum atomic E-state index is 11.4. The zero-order chi connectivity index (χ0) is 17.1.